The largest absolute Gasteiger partial charge is 0.362 e. The van der Waals surface area contributed by atoms with Gasteiger partial charge >= 0.3 is 0 Å². The maximum atomic E-state index is 12.7. The smallest absolute Gasteiger partial charge is 0.251 e. The van der Waals surface area contributed by atoms with Crippen LogP contribution in [0.15, 0.2) is 41.7 Å². The summed E-state index contributed by atoms with van der Waals surface area (Å²) < 4.78 is 3.90. The van der Waals surface area contributed by atoms with Crippen molar-refractivity contribution in [1.82, 2.24) is 24.1 Å². The van der Waals surface area contributed by atoms with Gasteiger partial charge in [-0.3, -0.25) is 4.79 Å². The van der Waals surface area contributed by atoms with E-state index < -0.39 is 0 Å². The Morgan fingerprint density at radius 2 is 1.84 bits per heavy atom. The van der Waals surface area contributed by atoms with Crippen molar-refractivity contribution < 1.29 is 0 Å². The van der Waals surface area contributed by atoms with E-state index in [1.54, 1.807) is 6.07 Å². The lowest BCUT2D eigenvalue weighted by Gasteiger charge is -2.38. The number of aromatic nitrogens is 4. The second-order valence-electron chi connectivity index (χ2n) is 9.13. The van der Waals surface area contributed by atoms with Gasteiger partial charge in [-0.05, 0) is 51.5 Å². The zero-order valence-corrected chi connectivity index (χ0v) is 19.1. The summed E-state index contributed by atoms with van der Waals surface area (Å²) in [5.41, 5.74) is 4.82. The van der Waals surface area contributed by atoms with E-state index in [0.29, 0.717) is 0 Å². The molecule has 7 heteroatoms. The normalized spacial score (nSPS) is 20.1. The van der Waals surface area contributed by atoms with Gasteiger partial charge in [-0.2, -0.15) is 9.61 Å². The Kier molecular flexibility index (Phi) is 5.49. The van der Waals surface area contributed by atoms with E-state index in [0.717, 1.165) is 92.4 Å². The Morgan fingerprint density at radius 1 is 1.03 bits per heavy atom. The molecule has 1 atom stereocenters. The Morgan fingerprint density at radius 3 is 2.72 bits per heavy atom. The van der Waals surface area contributed by atoms with Crippen LogP contribution in [0.4, 0.5) is 5.82 Å². The van der Waals surface area contributed by atoms with Crippen molar-refractivity contribution in [3.05, 3.63) is 64.3 Å². The Balaban J connectivity index is 1.65. The summed E-state index contributed by atoms with van der Waals surface area (Å²) in [5, 5.41) is 5.05. The number of aryl methyl sites for hydroxylation is 1. The summed E-state index contributed by atoms with van der Waals surface area (Å²) in [6.07, 6.45) is 6.37. The van der Waals surface area contributed by atoms with Crippen LogP contribution in [0.5, 0.6) is 0 Å². The van der Waals surface area contributed by atoms with E-state index in [1.165, 1.54) is 0 Å². The first-order valence-corrected chi connectivity index (χ1v) is 11.8. The summed E-state index contributed by atoms with van der Waals surface area (Å²) in [4.78, 5) is 22.1. The van der Waals surface area contributed by atoms with Gasteiger partial charge in [0.25, 0.3) is 5.56 Å². The van der Waals surface area contributed by atoms with E-state index in [1.807, 2.05) is 28.1 Å². The van der Waals surface area contributed by atoms with Gasteiger partial charge < -0.3 is 14.4 Å². The second kappa shape index (κ2) is 8.45. The highest BCUT2D eigenvalue weighted by molar-refractivity contribution is 5.60. The average Bonchev–Trinajstić information content (AvgIpc) is 3.21. The first-order valence-electron chi connectivity index (χ1n) is 11.8. The maximum Gasteiger partial charge on any atom is 0.251 e. The van der Waals surface area contributed by atoms with E-state index in [-0.39, 0.29) is 11.6 Å². The number of piperidine rings is 1. The van der Waals surface area contributed by atoms with Crippen molar-refractivity contribution in [2.45, 2.75) is 58.0 Å². The molecule has 0 N–H and O–H groups in total. The molecule has 0 aliphatic carbocycles. The predicted molar refractivity (Wildman–Crippen MR) is 128 cm³/mol. The van der Waals surface area contributed by atoms with Crippen LogP contribution < -0.4 is 10.5 Å². The monoisotopic (exact) mass is 432 g/mol. The predicted octanol–water partition coefficient (Wildman–Crippen LogP) is 4.02. The first kappa shape index (κ1) is 20.8. The number of hydrogen-bond donors (Lipinski definition) is 0. The highest BCUT2D eigenvalue weighted by Crippen LogP contribution is 2.36. The quantitative estimate of drug-likeness (QED) is 0.537. The number of fused-ring (bicyclic) bond motifs is 4. The van der Waals surface area contributed by atoms with Gasteiger partial charge in [-0.1, -0.05) is 12.6 Å². The molecule has 0 saturated carbocycles. The maximum absolute atomic E-state index is 12.7. The molecule has 1 saturated heterocycles. The molecule has 2 bridgehead atoms. The number of rotatable bonds is 0. The lowest BCUT2D eigenvalue weighted by atomic mass is 9.98. The summed E-state index contributed by atoms with van der Waals surface area (Å²) >= 11 is 0. The van der Waals surface area contributed by atoms with Gasteiger partial charge in [0.15, 0.2) is 5.65 Å². The highest BCUT2D eigenvalue weighted by Gasteiger charge is 2.29. The molecule has 0 spiro atoms. The minimum absolute atomic E-state index is 0.0506. The van der Waals surface area contributed by atoms with E-state index in [9.17, 15) is 4.79 Å². The average molecular weight is 433 g/mol. The molecular formula is C25H32N6O. The van der Waals surface area contributed by atoms with E-state index >= 15 is 0 Å². The van der Waals surface area contributed by atoms with Crippen LogP contribution in [-0.2, 0) is 6.54 Å². The Hall–Kier alpha value is -3.09. The molecule has 0 aromatic carbocycles. The highest BCUT2D eigenvalue weighted by atomic mass is 16.1. The molecule has 0 amide bonds. The zero-order valence-electron chi connectivity index (χ0n) is 19.1. The number of hydrogen-bond acceptors (Lipinski definition) is 5. The molecule has 32 heavy (non-hydrogen) atoms. The second-order valence-corrected chi connectivity index (χ2v) is 9.13. The number of anilines is 1. The zero-order chi connectivity index (χ0) is 22.2. The van der Waals surface area contributed by atoms with Crippen LogP contribution in [0.1, 0.15) is 61.6 Å². The summed E-state index contributed by atoms with van der Waals surface area (Å²) in [7, 11) is 2.13. The minimum Gasteiger partial charge on any atom is -0.362 e. The number of nitrogens with zero attached hydrogens (tertiary/aromatic N) is 6. The summed E-state index contributed by atoms with van der Waals surface area (Å²) in [5.74, 6) is 1.08. The fourth-order valence-corrected chi connectivity index (χ4v) is 5.16. The lowest BCUT2D eigenvalue weighted by Crippen LogP contribution is -2.34. The van der Waals surface area contributed by atoms with Gasteiger partial charge in [0.1, 0.15) is 5.82 Å². The van der Waals surface area contributed by atoms with Crippen molar-refractivity contribution >= 4 is 17.2 Å². The molecular weight excluding hydrogens is 400 g/mol. The summed E-state index contributed by atoms with van der Waals surface area (Å²) in [6.45, 7) is 9.10. The molecule has 1 unspecified atom stereocenters. The molecule has 5 heterocycles. The first-order chi connectivity index (χ1) is 15.5. The van der Waals surface area contributed by atoms with Crippen LogP contribution >= 0.6 is 0 Å². The van der Waals surface area contributed by atoms with Crippen molar-refractivity contribution in [2.75, 3.05) is 25.0 Å². The van der Waals surface area contributed by atoms with Gasteiger partial charge in [0.05, 0.1) is 23.1 Å². The van der Waals surface area contributed by atoms with Crippen LogP contribution in [0, 0.1) is 6.92 Å². The van der Waals surface area contributed by atoms with Gasteiger partial charge in [-0.15, -0.1) is 0 Å². The standard InChI is InChI=1S/C25H32N6O/c1-18-16-24-28(3)13-6-4-7-15-30-21(11-9-12-25(30)32)19(2)29-14-8-5-10-22(29)20-17-23(26-18)31(24)27-20/h9,11-12,16-17,22H,2,4-8,10,13-15H2,1,3H3. The number of pyridine rings is 1. The van der Waals surface area contributed by atoms with Gasteiger partial charge in [0, 0.05) is 50.6 Å². The third-order valence-electron chi connectivity index (χ3n) is 6.86. The topological polar surface area (TPSA) is 58.7 Å². The molecule has 0 radical (unpaired) electrons. The third-order valence-corrected chi connectivity index (χ3v) is 6.86. The molecule has 2 aliphatic heterocycles. The van der Waals surface area contributed by atoms with E-state index in [4.69, 9.17) is 10.1 Å². The molecule has 7 nitrogen and oxygen atoms in total. The summed E-state index contributed by atoms with van der Waals surface area (Å²) in [6, 6.07) is 9.92. The van der Waals surface area contributed by atoms with Crippen LogP contribution in [0.3, 0.4) is 0 Å². The SMILES string of the molecule is C=C1c2cccc(=O)n2CCCCCN(C)c2cc(C)nc3cc(nn23)C2CCCCN12. The fraction of sp³-hybridized carbons (Fsp3) is 0.480. The van der Waals surface area contributed by atoms with Crippen LogP contribution in [0.25, 0.3) is 11.3 Å². The van der Waals surface area contributed by atoms with Crippen molar-refractivity contribution in [2.24, 2.45) is 0 Å². The van der Waals surface area contributed by atoms with Crippen molar-refractivity contribution in [3.63, 3.8) is 0 Å². The molecule has 5 rings (SSSR count). The van der Waals surface area contributed by atoms with Crippen LogP contribution in [-0.4, -0.2) is 44.2 Å². The molecule has 1 fully saturated rings. The Labute approximate surface area is 189 Å². The van der Waals surface area contributed by atoms with Crippen molar-refractivity contribution in [3.8, 4) is 0 Å². The van der Waals surface area contributed by atoms with Crippen molar-refractivity contribution in [1.29, 1.82) is 0 Å². The molecule has 168 valence electrons. The molecule has 3 aromatic rings. The lowest BCUT2D eigenvalue weighted by molar-refractivity contribution is 0.224. The van der Waals surface area contributed by atoms with E-state index in [2.05, 4.69) is 35.6 Å². The fourth-order valence-electron chi connectivity index (χ4n) is 5.16. The Bertz CT molecular complexity index is 1210. The molecule has 2 aliphatic rings. The van der Waals surface area contributed by atoms with Gasteiger partial charge in [-0.25, -0.2) is 4.98 Å². The third kappa shape index (κ3) is 3.70. The molecule has 3 aromatic heterocycles. The van der Waals surface area contributed by atoms with Crippen LogP contribution in [0.2, 0.25) is 0 Å². The van der Waals surface area contributed by atoms with Gasteiger partial charge in [0.2, 0.25) is 0 Å². The minimum atomic E-state index is 0.0506.